The minimum absolute atomic E-state index is 0.0507. The van der Waals surface area contributed by atoms with Crippen molar-refractivity contribution < 1.29 is 69.0 Å². The fourth-order valence-corrected chi connectivity index (χ4v) is 9.40. The summed E-state index contributed by atoms with van der Waals surface area (Å²) in [5, 5.41) is 72.5. The molecule has 0 aromatic carbocycles. The van der Waals surface area contributed by atoms with Crippen LogP contribution in [0, 0.1) is 0 Å². The van der Waals surface area contributed by atoms with Gasteiger partial charge >= 0.3 is 5.97 Å². The van der Waals surface area contributed by atoms with Gasteiger partial charge in [0.2, 0.25) is 0 Å². The first kappa shape index (κ1) is 72.3. The molecule has 2 heterocycles. The van der Waals surface area contributed by atoms with Crippen LogP contribution in [0.2, 0.25) is 0 Å². The van der Waals surface area contributed by atoms with E-state index in [1.165, 1.54) is 103 Å². The number of aliphatic hydroxyl groups is 7. The van der Waals surface area contributed by atoms with Crippen LogP contribution in [0.15, 0.2) is 85.1 Å². The number of aliphatic hydroxyl groups excluding tert-OH is 7. The maximum Gasteiger partial charge on any atom is 0.306 e. The van der Waals surface area contributed by atoms with E-state index in [0.29, 0.717) is 13.0 Å². The molecule has 2 saturated heterocycles. The predicted molar refractivity (Wildman–Crippen MR) is 316 cm³/mol. The number of hydrogen-bond donors (Lipinski definition) is 7. The number of esters is 1. The second-order valence-electron chi connectivity index (χ2n) is 21.5. The zero-order chi connectivity index (χ0) is 57.2. The monoisotopic (exact) mass is 1120 g/mol. The average molecular weight is 1120 g/mol. The zero-order valence-corrected chi connectivity index (χ0v) is 49.1. The Kier molecular flexibility index (Phi) is 46.5. The van der Waals surface area contributed by atoms with Crippen molar-refractivity contribution >= 4 is 5.97 Å². The number of unbranched alkanes of at least 4 members (excludes halogenated alkanes) is 22. The molecular weight excluding hydrogens is 1000 g/mol. The Morgan fingerprint density at radius 1 is 0.430 bits per heavy atom. The molecule has 2 aliphatic heterocycles. The Hall–Kier alpha value is -2.83. The Labute approximate surface area is 478 Å². The van der Waals surface area contributed by atoms with E-state index in [1.54, 1.807) is 0 Å². The van der Waals surface area contributed by atoms with Gasteiger partial charge in [0.25, 0.3) is 0 Å². The maximum absolute atomic E-state index is 13.1. The van der Waals surface area contributed by atoms with Crippen molar-refractivity contribution in [2.24, 2.45) is 0 Å². The van der Waals surface area contributed by atoms with Crippen molar-refractivity contribution in [3.63, 3.8) is 0 Å². The quantitative estimate of drug-likeness (QED) is 0.0172. The highest BCUT2D eigenvalue weighted by atomic mass is 16.7. The van der Waals surface area contributed by atoms with Crippen LogP contribution in [0.3, 0.4) is 0 Å². The van der Waals surface area contributed by atoms with Gasteiger partial charge in [-0.3, -0.25) is 4.79 Å². The molecule has 14 heteroatoms. The van der Waals surface area contributed by atoms with Gasteiger partial charge in [-0.25, -0.2) is 0 Å². The number of hydrogen-bond acceptors (Lipinski definition) is 14. The molecule has 0 saturated carbocycles. The molecule has 7 N–H and O–H groups in total. The van der Waals surface area contributed by atoms with E-state index >= 15 is 0 Å². The van der Waals surface area contributed by atoms with E-state index in [-0.39, 0.29) is 25.6 Å². The SMILES string of the molecule is CC/C=C\C/C=C\C/C=C\C/C=C\C/C=C\CCCCCCCCCC(=O)OC(COCCCCCCCCCCCC/C=C\C/C=C\CCCCCCC)COC1OC(COC2OC(CO)C(O)C(O)C2O)C(O)C(O)C1O. The molecule has 2 aliphatic rings. The summed E-state index contributed by atoms with van der Waals surface area (Å²) in [4.78, 5) is 13.1. The largest absolute Gasteiger partial charge is 0.457 e. The minimum Gasteiger partial charge on any atom is -0.457 e. The minimum atomic E-state index is -1.71. The van der Waals surface area contributed by atoms with E-state index in [2.05, 4.69) is 98.9 Å². The summed E-state index contributed by atoms with van der Waals surface area (Å²) < 4.78 is 34.5. The predicted octanol–water partition coefficient (Wildman–Crippen LogP) is 12.0. The molecule has 0 aliphatic carbocycles. The van der Waals surface area contributed by atoms with Crippen molar-refractivity contribution in [1.29, 1.82) is 0 Å². The second-order valence-corrected chi connectivity index (χ2v) is 21.5. The Balaban J connectivity index is 1.70. The lowest BCUT2D eigenvalue weighted by atomic mass is 9.98. The van der Waals surface area contributed by atoms with Crippen molar-refractivity contribution in [1.82, 2.24) is 0 Å². The summed E-state index contributed by atoms with van der Waals surface area (Å²) >= 11 is 0. The zero-order valence-electron chi connectivity index (χ0n) is 49.1. The fourth-order valence-electron chi connectivity index (χ4n) is 9.40. The number of rotatable bonds is 50. The molecule has 2 rings (SSSR count). The number of ether oxygens (including phenoxy) is 6. The van der Waals surface area contributed by atoms with Crippen LogP contribution in [-0.4, -0.2) is 142 Å². The number of carbonyl (C=O) groups is 1. The third-order valence-electron chi connectivity index (χ3n) is 14.4. The summed E-state index contributed by atoms with van der Waals surface area (Å²) in [7, 11) is 0. The van der Waals surface area contributed by atoms with E-state index in [4.69, 9.17) is 28.4 Å². The standard InChI is InChI=1S/C65H112O14/c1-3-5-7-9-11-13-15-17-19-21-23-25-27-28-30-32-34-36-38-40-42-44-46-48-57(67)77-54(51-74-49-47-45-43-41-39-37-35-33-31-29-26-24-22-20-18-16-14-12-10-8-6-4-2)52-75-64-63(73)61(71)59(69)56(79-64)53-76-65-62(72)60(70)58(68)55(50-66)78-65/h5,7,11,13,16-19,22-25,28,30,54-56,58-66,68-73H,3-4,6,8-10,12,14-15,20-21,26-27,29,31-53H2,1-2H3/b7-5-,13-11-,18-16-,19-17-,24-22-,25-23-,30-28-. The van der Waals surface area contributed by atoms with Gasteiger partial charge in [0.1, 0.15) is 54.9 Å². The van der Waals surface area contributed by atoms with Crippen LogP contribution in [0.1, 0.15) is 219 Å². The van der Waals surface area contributed by atoms with E-state index < -0.39 is 80.7 Å². The maximum atomic E-state index is 13.1. The molecule has 0 aromatic heterocycles. The van der Waals surface area contributed by atoms with Crippen LogP contribution in [0.5, 0.6) is 0 Å². The first-order chi connectivity index (χ1) is 38.6. The summed E-state index contributed by atoms with van der Waals surface area (Å²) in [5.41, 5.74) is 0. The van der Waals surface area contributed by atoms with Gasteiger partial charge in [-0.2, -0.15) is 0 Å². The van der Waals surface area contributed by atoms with Gasteiger partial charge in [-0.1, -0.05) is 208 Å². The van der Waals surface area contributed by atoms with Crippen LogP contribution < -0.4 is 0 Å². The lowest BCUT2D eigenvalue weighted by Gasteiger charge is -2.42. The smallest absolute Gasteiger partial charge is 0.306 e. The Morgan fingerprint density at radius 3 is 1.29 bits per heavy atom. The molecule has 0 bridgehead atoms. The molecule has 2 fully saturated rings. The van der Waals surface area contributed by atoms with E-state index in [1.807, 2.05) is 0 Å². The summed E-state index contributed by atoms with van der Waals surface area (Å²) in [6, 6.07) is 0. The third-order valence-corrected chi connectivity index (χ3v) is 14.4. The van der Waals surface area contributed by atoms with Gasteiger partial charge in [-0.15, -0.1) is 0 Å². The molecular formula is C65H112O14. The highest BCUT2D eigenvalue weighted by Gasteiger charge is 2.47. The number of allylic oxidation sites excluding steroid dienone is 14. The van der Waals surface area contributed by atoms with Crippen LogP contribution in [-0.2, 0) is 33.2 Å². The highest BCUT2D eigenvalue weighted by molar-refractivity contribution is 5.69. The molecule has 0 spiro atoms. The van der Waals surface area contributed by atoms with Crippen molar-refractivity contribution in [2.45, 2.75) is 287 Å². The van der Waals surface area contributed by atoms with Crippen LogP contribution in [0.25, 0.3) is 0 Å². The summed E-state index contributed by atoms with van der Waals surface area (Å²) in [6.07, 6.45) is 50.6. The van der Waals surface area contributed by atoms with E-state index in [0.717, 1.165) is 89.9 Å². The molecule has 0 radical (unpaired) electrons. The van der Waals surface area contributed by atoms with Crippen LogP contribution >= 0.6 is 0 Å². The fraction of sp³-hybridized carbons (Fsp3) is 0.769. The second kappa shape index (κ2) is 50.9. The lowest BCUT2D eigenvalue weighted by Crippen LogP contribution is -2.61. The molecule has 14 nitrogen and oxygen atoms in total. The normalized spacial score (nSPS) is 24.6. The van der Waals surface area contributed by atoms with Gasteiger partial charge in [0, 0.05) is 13.0 Å². The van der Waals surface area contributed by atoms with Crippen LogP contribution in [0.4, 0.5) is 0 Å². The highest BCUT2D eigenvalue weighted by Crippen LogP contribution is 2.27. The molecule has 79 heavy (non-hydrogen) atoms. The molecule has 11 unspecified atom stereocenters. The van der Waals surface area contributed by atoms with Gasteiger partial charge < -0.3 is 64.2 Å². The molecule has 0 aromatic rings. The Morgan fingerprint density at radius 2 is 0.823 bits per heavy atom. The summed E-state index contributed by atoms with van der Waals surface area (Å²) in [6.45, 7) is 3.55. The molecule has 11 atom stereocenters. The number of carbonyl (C=O) groups excluding carboxylic acids is 1. The first-order valence-electron chi connectivity index (χ1n) is 31.2. The topological polar surface area (TPSA) is 214 Å². The average Bonchev–Trinajstić information content (AvgIpc) is 3.46. The van der Waals surface area contributed by atoms with Crippen molar-refractivity contribution in [3.8, 4) is 0 Å². The summed E-state index contributed by atoms with van der Waals surface area (Å²) in [5.74, 6) is -0.389. The van der Waals surface area contributed by atoms with Gasteiger partial charge in [-0.05, 0) is 89.9 Å². The molecule has 456 valence electrons. The van der Waals surface area contributed by atoms with Crippen molar-refractivity contribution in [3.05, 3.63) is 85.1 Å². The third kappa shape index (κ3) is 37.1. The first-order valence-corrected chi connectivity index (χ1v) is 31.2. The van der Waals surface area contributed by atoms with Crippen molar-refractivity contribution in [2.75, 3.05) is 33.0 Å². The van der Waals surface area contributed by atoms with Gasteiger partial charge in [0.05, 0.1) is 26.4 Å². The van der Waals surface area contributed by atoms with Gasteiger partial charge in [0.15, 0.2) is 12.6 Å². The molecule has 0 amide bonds. The van der Waals surface area contributed by atoms with E-state index in [9.17, 15) is 40.5 Å². The Bertz CT molecular complexity index is 1630. The lowest BCUT2D eigenvalue weighted by molar-refractivity contribution is -0.332.